The maximum absolute atomic E-state index is 12.5. The number of amides is 1. The van der Waals surface area contributed by atoms with Gasteiger partial charge in [0.05, 0.1) is 0 Å². The molecule has 0 unspecified atom stereocenters. The van der Waals surface area contributed by atoms with E-state index in [0.29, 0.717) is 0 Å². The van der Waals surface area contributed by atoms with Gasteiger partial charge in [0.25, 0.3) is 0 Å². The highest BCUT2D eigenvalue weighted by molar-refractivity contribution is 6.74. The van der Waals surface area contributed by atoms with Gasteiger partial charge in [-0.05, 0) is 18.1 Å². The molecule has 1 amide bonds. The van der Waals surface area contributed by atoms with E-state index in [0.717, 1.165) is 0 Å². The molecular weight excluding hydrogens is 263 g/mol. The number of alkyl halides is 3. The van der Waals surface area contributed by atoms with Gasteiger partial charge < -0.3 is 9.74 Å². The first kappa shape index (κ1) is 15.5. The van der Waals surface area contributed by atoms with Gasteiger partial charge in [0.1, 0.15) is 12.1 Å². The largest absolute Gasteiger partial charge is 0.408 e. The van der Waals surface area contributed by atoms with Crippen LogP contribution < -0.4 is 5.32 Å². The van der Waals surface area contributed by atoms with Gasteiger partial charge in [-0.15, -0.1) is 0 Å². The minimum atomic E-state index is -4.40. The van der Waals surface area contributed by atoms with E-state index in [4.69, 9.17) is 4.43 Å². The van der Waals surface area contributed by atoms with Gasteiger partial charge in [0.2, 0.25) is 5.91 Å². The molecule has 0 spiro atoms. The Morgan fingerprint density at radius 1 is 1.28 bits per heavy atom. The molecule has 0 radical (unpaired) electrons. The van der Waals surface area contributed by atoms with Crippen molar-refractivity contribution in [2.75, 3.05) is 0 Å². The summed E-state index contributed by atoms with van der Waals surface area (Å²) in [7, 11) is -2.23. The van der Waals surface area contributed by atoms with Crippen molar-refractivity contribution in [2.24, 2.45) is 0 Å². The lowest BCUT2D eigenvalue weighted by Gasteiger charge is -2.37. The lowest BCUT2D eigenvalue weighted by Crippen LogP contribution is -2.45. The summed E-state index contributed by atoms with van der Waals surface area (Å²) in [5.41, 5.74) is 0. The number of nitrogens with one attached hydrogen (secondary N) is 1. The van der Waals surface area contributed by atoms with E-state index >= 15 is 0 Å². The third-order valence-corrected chi connectivity index (χ3v) is 8.18. The number of hydrogen-bond acceptors (Lipinski definition) is 2. The Hall–Kier alpha value is -0.563. The summed E-state index contributed by atoms with van der Waals surface area (Å²) in [6, 6.07) is -1.78. The average molecular weight is 283 g/mol. The highest BCUT2D eigenvalue weighted by Gasteiger charge is 2.50. The summed E-state index contributed by atoms with van der Waals surface area (Å²) in [6.45, 7) is 9.77. The highest BCUT2D eigenvalue weighted by atomic mass is 28.4. The van der Waals surface area contributed by atoms with Crippen LogP contribution in [0.5, 0.6) is 0 Å². The number of halogens is 3. The van der Waals surface area contributed by atoms with E-state index in [1.54, 1.807) is 0 Å². The van der Waals surface area contributed by atoms with Crippen molar-refractivity contribution in [2.45, 2.75) is 63.6 Å². The smallest absolute Gasteiger partial charge is 0.405 e. The Morgan fingerprint density at radius 2 is 1.78 bits per heavy atom. The molecule has 2 atom stereocenters. The maximum atomic E-state index is 12.5. The van der Waals surface area contributed by atoms with Crippen LogP contribution in [0.1, 0.15) is 27.2 Å². The molecular formula is C11H20F3NO2Si. The van der Waals surface area contributed by atoms with E-state index in [1.165, 1.54) is 0 Å². The van der Waals surface area contributed by atoms with Gasteiger partial charge in [-0.25, -0.2) is 0 Å². The van der Waals surface area contributed by atoms with Gasteiger partial charge in [-0.2, -0.15) is 13.2 Å². The second kappa shape index (κ2) is 4.52. The fourth-order valence-electron chi connectivity index (χ4n) is 1.49. The molecule has 7 heteroatoms. The molecule has 0 saturated carbocycles. The van der Waals surface area contributed by atoms with Crippen molar-refractivity contribution in [3.8, 4) is 0 Å². The highest BCUT2D eigenvalue weighted by Crippen LogP contribution is 2.39. The molecule has 1 fully saturated rings. The number of rotatable bonds is 2. The molecule has 1 N–H and O–H groups in total. The summed E-state index contributed by atoms with van der Waals surface area (Å²) < 4.78 is 43.3. The third-order valence-electron chi connectivity index (χ3n) is 3.70. The second-order valence-corrected chi connectivity index (χ2v) is 11.0. The van der Waals surface area contributed by atoms with E-state index in [1.807, 2.05) is 39.2 Å². The number of carbonyl (C=O) groups excluding carboxylic acids is 1. The molecule has 0 aromatic carbocycles. The van der Waals surface area contributed by atoms with Gasteiger partial charge >= 0.3 is 6.18 Å². The lowest BCUT2D eigenvalue weighted by molar-refractivity contribution is -0.155. The predicted molar refractivity (Wildman–Crippen MR) is 64.7 cm³/mol. The monoisotopic (exact) mass is 283 g/mol. The lowest BCUT2D eigenvalue weighted by atomic mass is 10.2. The predicted octanol–water partition coefficient (Wildman–Crippen LogP) is 2.83. The first-order valence-electron chi connectivity index (χ1n) is 5.89. The Balaban J connectivity index is 2.74. The van der Waals surface area contributed by atoms with Crippen LogP contribution >= 0.6 is 0 Å². The van der Waals surface area contributed by atoms with E-state index in [9.17, 15) is 18.0 Å². The SMILES string of the molecule is CC(C)(C)[Si](C)(C)O[C@H]1C[C@@H](C(F)(F)F)NC1=O. The molecule has 0 aromatic heterocycles. The number of carbonyl (C=O) groups is 1. The molecule has 1 saturated heterocycles. The molecule has 3 nitrogen and oxygen atoms in total. The Kier molecular flexibility index (Phi) is 3.89. The quantitative estimate of drug-likeness (QED) is 0.791. The minimum absolute atomic E-state index is 0.135. The zero-order chi connectivity index (χ0) is 14.4. The van der Waals surface area contributed by atoms with Crippen molar-refractivity contribution in [1.82, 2.24) is 5.32 Å². The molecule has 1 rings (SSSR count). The zero-order valence-electron chi connectivity index (χ0n) is 11.3. The van der Waals surface area contributed by atoms with Crippen molar-refractivity contribution >= 4 is 14.2 Å². The van der Waals surface area contributed by atoms with Gasteiger partial charge in [0.15, 0.2) is 8.32 Å². The Morgan fingerprint density at radius 3 is 2.11 bits per heavy atom. The van der Waals surface area contributed by atoms with Crippen LogP contribution in [0.25, 0.3) is 0 Å². The molecule has 0 aromatic rings. The van der Waals surface area contributed by atoms with E-state index < -0.39 is 32.5 Å². The summed E-state index contributed by atoms with van der Waals surface area (Å²) in [5, 5.41) is 1.82. The maximum Gasteiger partial charge on any atom is 0.408 e. The number of hydrogen-bond donors (Lipinski definition) is 1. The van der Waals surface area contributed by atoms with Gasteiger partial charge in [0, 0.05) is 6.42 Å². The van der Waals surface area contributed by atoms with Crippen LogP contribution in [-0.4, -0.2) is 32.5 Å². The Labute approximate surface area is 106 Å². The molecule has 1 heterocycles. The summed E-state index contributed by atoms with van der Waals surface area (Å²) in [4.78, 5) is 11.5. The van der Waals surface area contributed by atoms with E-state index in [2.05, 4.69) is 0 Å². The fraction of sp³-hybridized carbons (Fsp3) is 0.909. The van der Waals surface area contributed by atoms with Gasteiger partial charge in [-0.1, -0.05) is 20.8 Å². The van der Waals surface area contributed by atoms with Crippen LogP contribution in [0, 0.1) is 0 Å². The summed E-state index contributed by atoms with van der Waals surface area (Å²) in [6.07, 6.45) is -5.70. The average Bonchev–Trinajstić information content (AvgIpc) is 2.44. The summed E-state index contributed by atoms with van der Waals surface area (Å²) in [5.74, 6) is -0.651. The van der Waals surface area contributed by atoms with Crippen LogP contribution in [-0.2, 0) is 9.22 Å². The van der Waals surface area contributed by atoms with Crippen molar-refractivity contribution in [3.05, 3.63) is 0 Å². The van der Waals surface area contributed by atoms with Crippen molar-refractivity contribution in [1.29, 1.82) is 0 Å². The van der Waals surface area contributed by atoms with Crippen LogP contribution in [0.4, 0.5) is 13.2 Å². The molecule has 0 bridgehead atoms. The molecule has 106 valence electrons. The molecule has 1 aliphatic heterocycles. The molecule has 0 aliphatic carbocycles. The normalized spacial score (nSPS) is 26.3. The second-order valence-electron chi connectivity index (χ2n) is 6.21. The Bertz CT molecular complexity index is 336. The van der Waals surface area contributed by atoms with Gasteiger partial charge in [-0.3, -0.25) is 4.79 Å². The fourth-order valence-corrected chi connectivity index (χ4v) is 2.76. The van der Waals surface area contributed by atoms with Crippen molar-refractivity contribution in [3.63, 3.8) is 0 Å². The topological polar surface area (TPSA) is 38.3 Å². The summed E-state index contributed by atoms with van der Waals surface area (Å²) >= 11 is 0. The zero-order valence-corrected chi connectivity index (χ0v) is 12.3. The first-order chi connectivity index (χ1) is 7.84. The van der Waals surface area contributed by atoms with Crippen LogP contribution in [0.2, 0.25) is 18.1 Å². The molecule has 18 heavy (non-hydrogen) atoms. The first-order valence-corrected chi connectivity index (χ1v) is 8.80. The van der Waals surface area contributed by atoms with Crippen LogP contribution in [0.3, 0.4) is 0 Å². The minimum Gasteiger partial charge on any atom is -0.405 e. The molecule has 1 aliphatic rings. The van der Waals surface area contributed by atoms with Crippen molar-refractivity contribution < 1.29 is 22.4 Å². The van der Waals surface area contributed by atoms with Crippen LogP contribution in [0.15, 0.2) is 0 Å². The standard InChI is InChI=1S/C11H20F3NO2Si/c1-10(2,3)18(4,5)17-7-6-8(11(12,13)14)15-9(7)16/h7-8H,6H2,1-5H3,(H,15,16)/t7-,8-/m0/s1. The van der Waals surface area contributed by atoms with E-state index in [-0.39, 0.29) is 11.5 Å². The third kappa shape index (κ3) is 3.26.